The van der Waals surface area contributed by atoms with Gasteiger partial charge in [0.15, 0.2) is 0 Å². The van der Waals surface area contributed by atoms with E-state index in [4.69, 9.17) is 9.15 Å². The van der Waals surface area contributed by atoms with Gasteiger partial charge in [-0.3, -0.25) is 0 Å². The van der Waals surface area contributed by atoms with E-state index in [0.29, 0.717) is 16.7 Å². The fourth-order valence-electron chi connectivity index (χ4n) is 2.17. The van der Waals surface area contributed by atoms with Gasteiger partial charge in [-0.15, -0.1) is 0 Å². The van der Waals surface area contributed by atoms with Crippen LogP contribution in [0, 0.1) is 11.6 Å². The molecule has 1 N–H and O–H groups in total. The molecule has 1 unspecified atom stereocenters. The Kier molecular flexibility index (Phi) is 4.08. The molecule has 0 spiro atoms. The maximum absolute atomic E-state index is 13.6. The van der Waals surface area contributed by atoms with E-state index in [2.05, 4.69) is 0 Å². The van der Waals surface area contributed by atoms with Crippen molar-refractivity contribution in [3.63, 3.8) is 0 Å². The first-order valence-corrected chi connectivity index (χ1v) is 6.83. The second kappa shape index (κ2) is 6.18. The zero-order valence-electron chi connectivity index (χ0n) is 11.8. The van der Waals surface area contributed by atoms with E-state index >= 15 is 0 Å². The maximum atomic E-state index is 13.6. The normalized spacial score (nSPS) is 12.3. The second-order valence-electron chi connectivity index (χ2n) is 4.95. The smallest absolute Gasteiger partial charge is 0.336 e. The van der Waals surface area contributed by atoms with Crippen molar-refractivity contribution >= 4 is 11.0 Å². The summed E-state index contributed by atoms with van der Waals surface area (Å²) < 4.78 is 37.1. The van der Waals surface area contributed by atoms with Crippen LogP contribution in [0.3, 0.4) is 0 Å². The van der Waals surface area contributed by atoms with Crippen molar-refractivity contribution in [2.75, 3.05) is 6.61 Å². The van der Waals surface area contributed by atoms with Crippen LogP contribution in [0.25, 0.3) is 11.0 Å². The highest BCUT2D eigenvalue weighted by molar-refractivity contribution is 5.77. The molecule has 3 rings (SSSR count). The minimum atomic E-state index is -1.33. The number of ether oxygens (including phenoxy) is 1. The molecule has 0 fully saturated rings. The average Bonchev–Trinajstić information content (AvgIpc) is 2.54. The van der Waals surface area contributed by atoms with Crippen molar-refractivity contribution in [1.82, 2.24) is 0 Å². The standard InChI is InChI=1S/C17H12F2O4/c18-11-3-5-14(19)13(7-11)15(20)9-22-12-4-1-10-2-6-17(21)23-16(10)8-12/h1-8,15,20H,9H2. The highest BCUT2D eigenvalue weighted by Crippen LogP contribution is 2.23. The number of hydrogen-bond donors (Lipinski definition) is 1. The molecule has 0 aliphatic rings. The summed E-state index contributed by atoms with van der Waals surface area (Å²) in [5, 5.41) is 10.7. The van der Waals surface area contributed by atoms with E-state index in [0.717, 1.165) is 18.2 Å². The molecule has 1 atom stereocenters. The number of hydrogen-bond acceptors (Lipinski definition) is 4. The van der Waals surface area contributed by atoms with Gasteiger partial charge in [0.05, 0.1) is 0 Å². The highest BCUT2D eigenvalue weighted by Gasteiger charge is 2.15. The summed E-state index contributed by atoms with van der Waals surface area (Å²) >= 11 is 0. The first-order valence-electron chi connectivity index (χ1n) is 6.83. The van der Waals surface area contributed by atoms with E-state index < -0.39 is 23.4 Å². The van der Waals surface area contributed by atoms with Crippen molar-refractivity contribution in [1.29, 1.82) is 0 Å². The molecular formula is C17H12F2O4. The lowest BCUT2D eigenvalue weighted by molar-refractivity contribution is 0.104. The lowest BCUT2D eigenvalue weighted by Crippen LogP contribution is -2.11. The van der Waals surface area contributed by atoms with Crippen LogP contribution in [0.4, 0.5) is 8.78 Å². The monoisotopic (exact) mass is 318 g/mol. The van der Waals surface area contributed by atoms with Crippen LogP contribution in [0.2, 0.25) is 0 Å². The number of rotatable bonds is 4. The van der Waals surface area contributed by atoms with Crippen LogP contribution in [-0.2, 0) is 0 Å². The molecule has 1 aromatic heterocycles. The molecule has 0 aliphatic heterocycles. The van der Waals surface area contributed by atoms with Crippen molar-refractivity contribution in [2.24, 2.45) is 0 Å². The molecule has 0 amide bonds. The maximum Gasteiger partial charge on any atom is 0.336 e. The molecule has 3 aromatic rings. The van der Waals surface area contributed by atoms with Gasteiger partial charge < -0.3 is 14.3 Å². The summed E-state index contributed by atoms with van der Waals surface area (Å²) in [5.41, 5.74) is -0.338. The van der Waals surface area contributed by atoms with Crippen molar-refractivity contribution < 1.29 is 23.0 Å². The quantitative estimate of drug-likeness (QED) is 0.751. The van der Waals surface area contributed by atoms with E-state index in [1.807, 2.05) is 0 Å². The zero-order chi connectivity index (χ0) is 16.4. The summed E-state index contributed by atoms with van der Waals surface area (Å²) in [7, 11) is 0. The predicted molar refractivity (Wildman–Crippen MR) is 79.3 cm³/mol. The van der Waals surface area contributed by atoms with Crippen molar-refractivity contribution in [2.45, 2.75) is 6.10 Å². The SMILES string of the molecule is O=c1ccc2ccc(OCC(O)c3cc(F)ccc3F)cc2o1. The van der Waals surface area contributed by atoms with Gasteiger partial charge in [0.2, 0.25) is 0 Å². The van der Waals surface area contributed by atoms with Gasteiger partial charge in [-0.05, 0) is 36.4 Å². The first-order chi connectivity index (χ1) is 11.0. The molecule has 2 aromatic carbocycles. The Morgan fingerprint density at radius 3 is 2.70 bits per heavy atom. The highest BCUT2D eigenvalue weighted by atomic mass is 19.1. The van der Waals surface area contributed by atoms with Crippen LogP contribution < -0.4 is 10.4 Å². The van der Waals surface area contributed by atoms with Crippen LogP contribution >= 0.6 is 0 Å². The largest absolute Gasteiger partial charge is 0.490 e. The van der Waals surface area contributed by atoms with Gasteiger partial charge in [-0.1, -0.05) is 0 Å². The molecule has 0 radical (unpaired) electrons. The van der Waals surface area contributed by atoms with Gasteiger partial charge in [0.25, 0.3) is 0 Å². The van der Waals surface area contributed by atoms with Gasteiger partial charge in [-0.25, -0.2) is 13.6 Å². The topological polar surface area (TPSA) is 59.7 Å². The molecule has 1 heterocycles. The Morgan fingerprint density at radius 1 is 1.09 bits per heavy atom. The third kappa shape index (κ3) is 3.37. The van der Waals surface area contributed by atoms with E-state index in [-0.39, 0.29) is 12.2 Å². The number of aliphatic hydroxyl groups is 1. The third-order valence-corrected chi connectivity index (χ3v) is 3.32. The summed E-state index contributed by atoms with van der Waals surface area (Å²) in [6.45, 7) is -0.275. The number of fused-ring (bicyclic) bond motifs is 1. The molecule has 0 bridgehead atoms. The van der Waals surface area contributed by atoms with Crippen LogP contribution in [-0.4, -0.2) is 11.7 Å². The minimum absolute atomic E-state index is 0.183. The first kappa shape index (κ1) is 15.2. The molecule has 0 aliphatic carbocycles. The summed E-state index contributed by atoms with van der Waals surface area (Å²) in [4.78, 5) is 11.2. The zero-order valence-corrected chi connectivity index (χ0v) is 11.8. The lowest BCUT2D eigenvalue weighted by atomic mass is 10.1. The lowest BCUT2D eigenvalue weighted by Gasteiger charge is -2.13. The average molecular weight is 318 g/mol. The molecule has 0 saturated carbocycles. The number of halogens is 2. The van der Waals surface area contributed by atoms with Gasteiger partial charge in [-0.2, -0.15) is 0 Å². The summed E-state index contributed by atoms with van der Waals surface area (Å²) in [6.07, 6.45) is -1.33. The Bertz CT molecular complexity index is 904. The van der Waals surface area contributed by atoms with Crippen molar-refractivity contribution in [3.05, 3.63) is 76.1 Å². The molecule has 4 nitrogen and oxygen atoms in total. The number of aliphatic hydroxyl groups excluding tert-OH is 1. The van der Waals surface area contributed by atoms with Gasteiger partial charge in [0.1, 0.15) is 35.7 Å². The van der Waals surface area contributed by atoms with Crippen LogP contribution in [0.15, 0.2) is 57.7 Å². The second-order valence-corrected chi connectivity index (χ2v) is 4.95. The van der Waals surface area contributed by atoms with Gasteiger partial charge >= 0.3 is 5.63 Å². The molecular weight excluding hydrogens is 306 g/mol. The van der Waals surface area contributed by atoms with Crippen LogP contribution in [0.1, 0.15) is 11.7 Å². The molecule has 23 heavy (non-hydrogen) atoms. The predicted octanol–water partition coefficient (Wildman–Crippen LogP) is 3.18. The third-order valence-electron chi connectivity index (χ3n) is 3.32. The minimum Gasteiger partial charge on any atom is -0.490 e. The van der Waals surface area contributed by atoms with Crippen molar-refractivity contribution in [3.8, 4) is 5.75 Å². The Labute approximate surface area is 129 Å². The fraction of sp³-hybridized carbons (Fsp3) is 0.118. The van der Waals surface area contributed by atoms with E-state index in [1.54, 1.807) is 18.2 Å². The van der Waals surface area contributed by atoms with Gasteiger partial charge in [0, 0.05) is 23.1 Å². The Morgan fingerprint density at radius 2 is 1.87 bits per heavy atom. The van der Waals surface area contributed by atoms with Crippen LogP contribution in [0.5, 0.6) is 5.75 Å². The summed E-state index contributed by atoms with van der Waals surface area (Å²) in [5.74, 6) is -1.03. The Hall–Kier alpha value is -2.73. The van der Waals surface area contributed by atoms with E-state index in [1.165, 1.54) is 12.1 Å². The molecule has 6 heteroatoms. The Balaban J connectivity index is 1.77. The van der Waals surface area contributed by atoms with E-state index in [9.17, 15) is 18.7 Å². The fourth-order valence-corrected chi connectivity index (χ4v) is 2.17. The molecule has 118 valence electrons. The number of benzene rings is 2. The summed E-state index contributed by atoms with van der Waals surface area (Å²) in [6, 6.07) is 10.5. The molecule has 0 saturated heterocycles.